The number of ether oxygens (including phenoxy) is 8. The van der Waals surface area contributed by atoms with Gasteiger partial charge in [-0.15, -0.1) is 0 Å². The number of aliphatic carboxylic acids is 2. The summed E-state index contributed by atoms with van der Waals surface area (Å²) >= 11 is 0. The summed E-state index contributed by atoms with van der Waals surface area (Å²) in [4.78, 5) is 23.3. The van der Waals surface area contributed by atoms with Gasteiger partial charge in [-0.2, -0.15) is 0 Å². The molecule has 0 atom stereocenters. The average Bonchev–Trinajstić information content (AvgIpc) is 3.31. The van der Waals surface area contributed by atoms with Gasteiger partial charge in [0.1, 0.15) is 36.2 Å². The normalized spacial score (nSPS) is 15.8. The van der Waals surface area contributed by atoms with Crippen molar-refractivity contribution >= 4 is 11.9 Å². The van der Waals surface area contributed by atoms with Crippen LogP contribution in [-0.4, -0.2) is 101 Å². The molecular weight excluding hydrogens is 961 g/mol. The van der Waals surface area contributed by atoms with Crippen molar-refractivity contribution in [3.63, 3.8) is 0 Å². The number of fused-ring (bicyclic) bond motifs is 2. The van der Waals surface area contributed by atoms with Crippen LogP contribution in [0.3, 0.4) is 0 Å². The molecule has 4 aromatic carbocycles. The summed E-state index contributed by atoms with van der Waals surface area (Å²) in [5, 5.41) is 19.1. The van der Waals surface area contributed by atoms with Crippen molar-refractivity contribution in [3.8, 4) is 23.0 Å². The van der Waals surface area contributed by atoms with Crippen LogP contribution in [0.4, 0.5) is 0 Å². The number of carboxylic acid groups (broad SMARTS) is 2. The zero-order chi connectivity index (χ0) is 55.3. The van der Waals surface area contributed by atoms with Crippen molar-refractivity contribution in [2.24, 2.45) is 0 Å². The van der Waals surface area contributed by atoms with Crippen molar-refractivity contribution in [1.29, 1.82) is 0 Å². The van der Waals surface area contributed by atoms with Crippen LogP contribution >= 0.6 is 0 Å². The molecule has 2 aliphatic rings. The summed E-state index contributed by atoms with van der Waals surface area (Å²) in [6.07, 6.45) is 4.24. The van der Waals surface area contributed by atoms with Gasteiger partial charge < -0.3 is 48.1 Å². The number of carboxylic acids is 2. The molecule has 1 aliphatic carbocycles. The molecule has 10 bridgehead atoms. The molecule has 418 valence electrons. The quantitative estimate of drug-likeness (QED) is 0.115. The van der Waals surface area contributed by atoms with Crippen LogP contribution in [0.2, 0.25) is 0 Å². The van der Waals surface area contributed by atoms with E-state index in [0.29, 0.717) is 131 Å². The molecule has 1 aliphatic heterocycles. The van der Waals surface area contributed by atoms with E-state index < -0.39 is 11.9 Å². The third-order valence-corrected chi connectivity index (χ3v) is 14.1. The lowest BCUT2D eigenvalue weighted by atomic mass is 9.79. The minimum absolute atomic E-state index is 0.0719. The van der Waals surface area contributed by atoms with Gasteiger partial charge in [0.15, 0.2) is 0 Å². The number of unbranched alkanes of at least 4 members (excludes halogenated alkanes) is 2. The molecule has 76 heavy (non-hydrogen) atoms. The van der Waals surface area contributed by atoms with Gasteiger partial charge in [-0.3, -0.25) is 9.59 Å². The summed E-state index contributed by atoms with van der Waals surface area (Å²) < 4.78 is 52.1. The molecule has 4 aromatic rings. The maximum absolute atomic E-state index is 11.7. The van der Waals surface area contributed by atoms with Crippen molar-refractivity contribution in [3.05, 3.63) is 115 Å². The first-order valence-electron chi connectivity index (χ1n) is 27.8. The Kier molecular flexibility index (Phi) is 21.3. The zero-order valence-corrected chi connectivity index (χ0v) is 48.2. The highest BCUT2D eigenvalue weighted by molar-refractivity contribution is 5.67. The third kappa shape index (κ3) is 17.7. The molecule has 12 nitrogen and oxygen atoms in total. The van der Waals surface area contributed by atoms with Crippen molar-refractivity contribution in [2.45, 2.75) is 169 Å². The smallest absolute Gasteiger partial charge is 0.303 e. The minimum Gasteiger partial charge on any atom is -0.493 e. The molecule has 0 spiro atoms. The van der Waals surface area contributed by atoms with Gasteiger partial charge in [-0.05, 0) is 114 Å². The lowest BCUT2D eigenvalue weighted by molar-refractivity contribution is -0.138. The molecule has 0 saturated carbocycles. The lowest BCUT2D eigenvalue weighted by Crippen LogP contribution is -2.18. The number of hydrogen-bond acceptors (Lipinski definition) is 10. The van der Waals surface area contributed by atoms with Crippen molar-refractivity contribution in [2.75, 3.05) is 79.3 Å². The number of benzene rings is 4. The number of carbonyl (C=O) groups is 2. The Morgan fingerprint density at radius 1 is 0.382 bits per heavy atom. The van der Waals surface area contributed by atoms with Gasteiger partial charge >= 0.3 is 11.9 Å². The van der Waals surface area contributed by atoms with Gasteiger partial charge in [0.2, 0.25) is 0 Å². The molecule has 0 fully saturated rings. The van der Waals surface area contributed by atoms with Crippen LogP contribution in [0.25, 0.3) is 0 Å². The predicted octanol–water partition coefficient (Wildman–Crippen LogP) is 12.7. The first-order valence-corrected chi connectivity index (χ1v) is 27.8. The van der Waals surface area contributed by atoms with E-state index in [1.807, 2.05) is 0 Å². The van der Waals surface area contributed by atoms with Gasteiger partial charge in [-0.25, -0.2) is 0 Å². The Balaban J connectivity index is 1.73. The molecule has 0 amide bonds. The second-order valence-electron chi connectivity index (χ2n) is 24.7. The van der Waals surface area contributed by atoms with E-state index in [4.69, 9.17) is 37.9 Å². The fourth-order valence-corrected chi connectivity index (χ4v) is 9.63. The van der Waals surface area contributed by atoms with Crippen LogP contribution in [0.5, 0.6) is 23.0 Å². The van der Waals surface area contributed by atoms with Crippen LogP contribution in [0, 0.1) is 0 Å². The molecule has 1 heterocycles. The standard InChI is InChI=1S/C64H90O12/c1-61(2,3)51-35-43-31-47-39-53(63(7,8)9)41-49-33-45-37-52(62(4,5)6)38-46(58(45)74-20-16-14-18-56(67)68)34-50-42-54(64(10,11)12)40-48(32-44(36-51)57(43)73-19-15-13-17-55(65)66)60(50)76-30-28-72-26-24-70-22-21-69-23-25-71-27-29-75-59(47)49/h35-42H,13-34H2,1-12H3,(H,65,66)(H,67,68). The molecule has 6 rings (SSSR count). The summed E-state index contributed by atoms with van der Waals surface area (Å²) in [5.74, 6) is 1.50. The highest BCUT2D eigenvalue weighted by Gasteiger charge is 2.30. The fourth-order valence-electron chi connectivity index (χ4n) is 9.63. The fraction of sp³-hybridized carbons (Fsp3) is 0.594. The average molecular weight is 1050 g/mol. The first kappa shape index (κ1) is 60.1. The largest absolute Gasteiger partial charge is 0.493 e. The molecule has 12 heteroatoms. The van der Waals surface area contributed by atoms with Crippen LogP contribution < -0.4 is 18.9 Å². The Hall–Kier alpha value is -5.14. The predicted molar refractivity (Wildman–Crippen MR) is 300 cm³/mol. The van der Waals surface area contributed by atoms with Crippen LogP contribution in [-0.2, 0) is 75.9 Å². The minimum atomic E-state index is -0.820. The van der Waals surface area contributed by atoms with Gasteiger partial charge in [0.05, 0.1) is 66.1 Å². The van der Waals surface area contributed by atoms with Crippen LogP contribution in [0.15, 0.2) is 48.5 Å². The van der Waals surface area contributed by atoms with Gasteiger partial charge in [-0.1, -0.05) is 132 Å². The van der Waals surface area contributed by atoms with E-state index >= 15 is 0 Å². The maximum Gasteiger partial charge on any atom is 0.303 e. The topological polar surface area (TPSA) is 148 Å². The van der Waals surface area contributed by atoms with Gasteiger partial charge in [0, 0.05) is 38.5 Å². The Morgan fingerprint density at radius 3 is 0.855 bits per heavy atom. The third-order valence-electron chi connectivity index (χ3n) is 14.1. The van der Waals surface area contributed by atoms with E-state index in [1.165, 1.54) is 11.1 Å². The van der Waals surface area contributed by atoms with Crippen molar-refractivity contribution < 1.29 is 57.7 Å². The van der Waals surface area contributed by atoms with Crippen LogP contribution in [0.1, 0.15) is 188 Å². The first-order chi connectivity index (χ1) is 35.9. The van der Waals surface area contributed by atoms with E-state index in [0.717, 1.165) is 78.6 Å². The summed E-state index contributed by atoms with van der Waals surface area (Å²) in [5.41, 5.74) is 11.8. The molecule has 0 saturated heterocycles. The molecule has 0 aromatic heterocycles. The molecule has 2 N–H and O–H groups in total. The van der Waals surface area contributed by atoms with Crippen molar-refractivity contribution in [1.82, 2.24) is 0 Å². The summed E-state index contributed by atoms with van der Waals surface area (Å²) in [7, 11) is 0. The zero-order valence-electron chi connectivity index (χ0n) is 48.2. The SMILES string of the molecule is CC(C)(C)c1cc2c(OCCCCC(=O)O)c(c1)Cc1cc(C(C)(C)C)cc3c1OCCOCCOCCOCCOCCOc1c(cc(C(C)(C)C)cc1Cc1cc(C(C)(C)C)cc(c1OCCCCC(=O)O)C3)C2. The van der Waals surface area contributed by atoms with E-state index in [1.54, 1.807) is 0 Å². The number of hydrogen-bond donors (Lipinski definition) is 2. The van der Waals surface area contributed by atoms with E-state index in [-0.39, 0.29) is 34.5 Å². The maximum atomic E-state index is 11.7. The van der Waals surface area contributed by atoms with E-state index in [2.05, 4.69) is 132 Å². The molecule has 0 radical (unpaired) electrons. The second kappa shape index (κ2) is 27.0. The molecular formula is C64H90O12. The highest BCUT2D eigenvalue weighted by atomic mass is 16.6. The highest BCUT2D eigenvalue weighted by Crippen LogP contribution is 2.44. The molecule has 0 unspecified atom stereocenters. The van der Waals surface area contributed by atoms with Gasteiger partial charge in [0.25, 0.3) is 0 Å². The van der Waals surface area contributed by atoms with E-state index in [9.17, 15) is 19.8 Å². The second-order valence-corrected chi connectivity index (χ2v) is 24.7. The Labute approximate surface area is 454 Å². The Morgan fingerprint density at radius 2 is 0.618 bits per heavy atom. The summed E-state index contributed by atoms with van der Waals surface area (Å²) in [6, 6.07) is 18.4. The Bertz CT molecular complexity index is 2290. The number of rotatable bonds is 12. The lowest BCUT2D eigenvalue weighted by Gasteiger charge is -2.29. The summed E-state index contributed by atoms with van der Waals surface area (Å²) in [6.45, 7) is 31.5. The monoisotopic (exact) mass is 1050 g/mol.